The lowest BCUT2D eigenvalue weighted by Crippen LogP contribution is -2.57. The third-order valence-corrected chi connectivity index (χ3v) is 4.33. The van der Waals surface area contributed by atoms with Gasteiger partial charge in [0.15, 0.2) is 46.5 Å². The van der Waals surface area contributed by atoms with Crippen LogP contribution in [0.25, 0.3) is 0 Å². The number of ether oxygens (including phenoxy) is 1. The summed E-state index contributed by atoms with van der Waals surface area (Å²) in [4.78, 5) is 0. The molecule has 3 aromatic carbocycles. The first kappa shape index (κ1) is 21.6. The number of methoxy groups -OCH3 is 1. The van der Waals surface area contributed by atoms with E-state index in [0.29, 0.717) is 0 Å². The molecule has 1 nitrogen and oxygen atoms in total. The highest BCUT2D eigenvalue weighted by atomic mass is 19.2. The van der Waals surface area contributed by atoms with Crippen molar-refractivity contribution in [2.75, 3.05) is 7.11 Å². The number of halogens is 9. The summed E-state index contributed by atoms with van der Waals surface area (Å²) in [6, 6.07) is 0.911. The molecule has 0 atom stereocenters. The van der Waals surface area contributed by atoms with Crippen LogP contribution in [0.5, 0.6) is 5.75 Å². The van der Waals surface area contributed by atoms with Crippen molar-refractivity contribution in [3.05, 3.63) is 82.7 Å². The van der Waals surface area contributed by atoms with E-state index in [1.54, 1.807) is 0 Å². The zero-order chi connectivity index (χ0) is 22.3. The van der Waals surface area contributed by atoms with E-state index in [1.807, 2.05) is 0 Å². The third-order valence-electron chi connectivity index (χ3n) is 4.33. The van der Waals surface area contributed by atoms with Crippen molar-refractivity contribution in [1.29, 1.82) is 0 Å². The van der Waals surface area contributed by atoms with E-state index in [4.69, 9.17) is 0 Å². The summed E-state index contributed by atoms with van der Waals surface area (Å²) in [5.74, 6) is -16.7. The van der Waals surface area contributed by atoms with Crippen LogP contribution in [-0.2, 0) is 0 Å². The van der Waals surface area contributed by atoms with Gasteiger partial charge in [-0.15, -0.1) is 0 Å². The summed E-state index contributed by atoms with van der Waals surface area (Å²) in [6.07, 6.45) is 0. The van der Waals surface area contributed by atoms with Crippen molar-refractivity contribution in [3.8, 4) is 5.75 Å². The Kier molecular flexibility index (Phi) is 5.73. The van der Waals surface area contributed by atoms with Crippen molar-refractivity contribution < 1.29 is 44.3 Å². The van der Waals surface area contributed by atoms with Crippen LogP contribution in [0, 0.1) is 52.4 Å². The quantitative estimate of drug-likeness (QED) is 0.348. The summed E-state index contributed by atoms with van der Waals surface area (Å²) in [6.45, 7) is -2.52. The highest BCUT2D eigenvalue weighted by Gasteiger charge is 2.37. The molecule has 0 fully saturated rings. The van der Waals surface area contributed by atoms with Gasteiger partial charge in [0.05, 0.1) is 7.11 Å². The maximum atomic E-state index is 14.8. The van der Waals surface area contributed by atoms with Crippen LogP contribution in [0.1, 0.15) is 0 Å². The second-order valence-electron chi connectivity index (χ2n) is 6.12. The van der Waals surface area contributed by atoms with Crippen LogP contribution in [0.2, 0.25) is 0 Å². The predicted molar refractivity (Wildman–Crippen MR) is 90.2 cm³/mol. The third kappa shape index (κ3) is 3.59. The molecule has 0 amide bonds. The number of hydrogen-bond donors (Lipinski definition) is 0. The molecule has 0 aliphatic carbocycles. The summed E-state index contributed by atoms with van der Waals surface area (Å²) >= 11 is 0. The molecule has 0 aliphatic heterocycles. The van der Waals surface area contributed by atoms with Crippen LogP contribution in [0.4, 0.5) is 39.5 Å². The SMILES string of the molecule is COc1cc(F)c(F)c(B(c2cc(F)cc(F)c2F)c2cc(F)cc(F)c2F)c1F. The van der Waals surface area contributed by atoms with Crippen molar-refractivity contribution in [3.63, 3.8) is 0 Å². The molecule has 0 spiro atoms. The van der Waals surface area contributed by atoms with Gasteiger partial charge >= 0.3 is 0 Å². The fourth-order valence-electron chi connectivity index (χ4n) is 3.05. The Morgan fingerprint density at radius 1 is 0.567 bits per heavy atom. The van der Waals surface area contributed by atoms with Gasteiger partial charge in [-0.3, -0.25) is 0 Å². The Morgan fingerprint density at radius 2 is 1.00 bits per heavy atom. The normalized spacial score (nSPS) is 11.0. The molecule has 0 bridgehead atoms. The van der Waals surface area contributed by atoms with Gasteiger partial charge in [-0.2, -0.15) is 0 Å². The largest absolute Gasteiger partial charge is 0.494 e. The van der Waals surface area contributed by atoms with Crippen molar-refractivity contribution in [2.45, 2.75) is 0 Å². The van der Waals surface area contributed by atoms with E-state index in [0.717, 1.165) is 7.11 Å². The Hall–Kier alpha value is -3.11. The van der Waals surface area contributed by atoms with Gasteiger partial charge in [0.2, 0.25) is 0 Å². The first-order valence-electron chi connectivity index (χ1n) is 8.07. The van der Waals surface area contributed by atoms with Gasteiger partial charge in [0.1, 0.15) is 11.6 Å². The molecular weight excluding hydrogens is 426 g/mol. The smallest absolute Gasteiger partial charge is 0.257 e. The molecule has 11 heteroatoms. The zero-order valence-corrected chi connectivity index (χ0v) is 14.8. The fraction of sp³-hybridized carbons (Fsp3) is 0.0526. The Morgan fingerprint density at radius 3 is 1.43 bits per heavy atom. The molecule has 156 valence electrons. The van der Waals surface area contributed by atoms with E-state index < -0.39 is 81.2 Å². The molecule has 3 rings (SSSR count). The van der Waals surface area contributed by atoms with Crippen LogP contribution < -0.4 is 21.1 Å². The first-order chi connectivity index (χ1) is 14.1. The van der Waals surface area contributed by atoms with Gasteiger partial charge in [-0.05, 0) is 23.1 Å². The van der Waals surface area contributed by atoms with Gasteiger partial charge in [0, 0.05) is 23.7 Å². The molecule has 0 heterocycles. The van der Waals surface area contributed by atoms with Crippen molar-refractivity contribution in [2.24, 2.45) is 0 Å². The second-order valence-corrected chi connectivity index (χ2v) is 6.12. The maximum Gasteiger partial charge on any atom is 0.257 e. The van der Waals surface area contributed by atoms with E-state index >= 15 is 0 Å². The predicted octanol–water partition coefficient (Wildman–Crippen LogP) is 3.46. The molecular formula is C19H8BF9O. The molecule has 0 radical (unpaired) electrons. The fourth-order valence-corrected chi connectivity index (χ4v) is 3.05. The number of rotatable bonds is 4. The average molecular weight is 434 g/mol. The van der Waals surface area contributed by atoms with Crippen molar-refractivity contribution in [1.82, 2.24) is 0 Å². The van der Waals surface area contributed by atoms with E-state index in [9.17, 15) is 39.5 Å². The molecule has 0 saturated carbocycles. The zero-order valence-electron chi connectivity index (χ0n) is 14.8. The molecule has 0 aromatic heterocycles. The second kappa shape index (κ2) is 7.96. The summed E-state index contributed by atoms with van der Waals surface area (Å²) in [5.41, 5.74) is -3.94. The van der Waals surface area contributed by atoms with E-state index in [-0.39, 0.29) is 30.3 Å². The topological polar surface area (TPSA) is 9.23 Å². The van der Waals surface area contributed by atoms with Gasteiger partial charge in [0.25, 0.3) is 6.71 Å². The lowest BCUT2D eigenvalue weighted by Gasteiger charge is -2.20. The highest BCUT2D eigenvalue weighted by Crippen LogP contribution is 2.21. The maximum absolute atomic E-state index is 14.8. The summed E-state index contributed by atoms with van der Waals surface area (Å²) < 4.78 is 132. The molecule has 0 aliphatic rings. The highest BCUT2D eigenvalue weighted by molar-refractivity contribution is 6.95. The first-order valence-corrected chi connectivity index (χ1v) is 8.07. The van der Waals surface area contributed by atoms with Crippen LogP contribution in [-0.4, -0.2) is 13.8 Å². The lowest BCUT2D eigenvalue weighted by atomic mass is 9.36. The molecule has 0 N–H and O–H groups in total. The minimum Gasteiger partial charge on any atom is -0.494 e. The van der Waals surface area contributed by atoms with E-state index in [2.05, 4.69) is 4.74 Å². The van der Waals surface area contributed by atoms with Crippen LogP contribution in [0.3, 0.4) is 0 Å². The van der Waals surface area contributed by atoms with E-state index in [1.165, 1.54) is 0 Å². The van der Waals surface area contributed by atoms with Gasteiger partial charge < -0.3 is 4.74 Å². The standard InChI is InChI=1S/C19H8BF9O/c1-30-14-6-13(25)18(28)15(19(14)29)20(9-2-7(21)4-11(23)16(9)26)10-3-8(22)5-12(24)17(10)27/h2-6H,1H3. The van der Waals surface area contributed by atoms with Crippen LogP contribution in [0.15, 0.2) is 30.3 Å². The summed E-state index contributed by atoms with van der Waals surface area (Å²) in [5, 5.41) is 0. The molecule has 3 aromatic rings. The molecule has 0 unspecified atom stereocenters. The lowest BCUT2D eigenvalue weighted by molar-refractivity contribution is 0.379. The Bertz CT molecular complexity index is 1090. The average Bonchev–Trinajstić information content (AvgIpc) is 2.68. The van der Waals surface area contributed by atoms with Gasteiger partial charge in [-0.25, -0.2) is 39.5 Å². The number of hydrogen-bond acceptors (Lipinski definition) is 1. The molecule has 0 saturated heterocycles. The monoisotopic (exact) mass is 434 g/mol. The van der Waals surface area contributed by atoms with Crippen LogP contribution >= 0.6 is 0 Å². The minimum absolute atomic E-state index is 0.0806. The van der Waals surface area contributed by atoms with Gasteiger partial charge in [-0.1, -0.05) is 0 Å². The Labute approximate surface area is 163 Å². The Balaban J connectivity index is 2.50. The van der Waals surface area contributed by atoms with Crippen molar-refractivity contribution >= 4 is 23.1 Å². The number of benzene rings is 3. The molecule has 30 heavy (non-hydrogen) atoms. The summed E-state index contributed by atoms with van der Waals surface area (Å²) in [7, 11) is 0.861. The minimum atomic E-state index is -2.52.